The Hall–Kier alpha value is -1.93. The first-order chi connectivity index (χ1) is 21.1. The summed E-state index contributed by atoms with van der Waals surface area (Å²) in [7, 11) is 1.50. The lowest BCUT2D eigenvalue weighted by Gasteiger charge is -2.41. The van der Waals surface area contributed by atoms with Crippen LogP contribution in [0.1, 0.15) is 64.9 Å². The Morgan fingerprint density at radius 3 is 2.55 bits per heavy atom. The smallest absolute Gasteiger partial charge is 0.248 e. The van der Waals surface area contributed by atoms with Crippen molar-refractivity contribution in [1.82, 2.24) is 10.2 Å². The summed E-state index contributed by atoms with van der Waals surface area (Å²) in [4.78, 5) is 28.8. The molecule has 0 aliphatic heterocycles. The van der Waals surface area contributed by atoms with Crippen molar-refractivity contribution in [3.63, 3.8) is 0 Å². The number of hydrogen-bond acceptors (Lipinski definition) is 8. The predicted octanol–water partition coefficient (Wildman–Crippen LogP) is 3.42. The summed E-state index contributed by atoms with van der Waals surface area (Å²) >= 11 is 2.08. The maximum absolute atomic E-state index is 13.9. The third-order valence-electron chi connectivity index (χ3n) is 9.19. The van der Waals surface area contributed by atoms with Gasteiger partial charge < -0.3 is 39.7 Å². The lowest BCUT2D eigenvalue weighted by Crippen LogP contribution is -2.56. The van der Waals surface area contributed by atoms with Gasteiger partial charge in [-0.05, 0) is 95.7 Å². The van der Waals surface area contributed by atoms with Crippen LogP contribution < -0.4 is 14.8 Å². The first-order valence-electron chi connectivity index (χ1n) is 15.9. The quantitative estimate of drug-likeness (QED) is 0.214. The van der Waals surface area contributed by atoms with E-state index in [2.05, 4.69) is 48.7 Å². The van der Waals surface area contributed by atoms with Crippen LogP contribution in [0.2, 0.25) is 0 Å². The highest BCUT2D eigenvalue weighted by molar-refractivity contribution is 14.1. The second kappa shape index (κ2) is 16.1. The monoisotopic (exact) mass is 728 g/mol. The fourth-order valence-electron chi connectivity index (χ4n) is 6.46. The SMILES string of the molecule is COc1cc(CO)cc(I)c1OC1C=C(C(=O)NCCO)CC(N(CC2CC2)C(=O)COC2CC(C)CCC2C(C)C)C1O. The largest absolute Gasteiger partial charge is 0.493 e. The van der Waals surface area contributed by atoms with Gasteiger partial charge in [-0.2, -0.15) is 0 Å². The molecule has 2 amide bonds. The van der Waals surface area contributed by atoms with E-state index in [9.17, 15) is 24.9 Å². The Labute approximate surface area is 274 Å². The average Bonchev–Trinajstić information content (AvgIpc) is 3.83. The second-order valence-corrected chi connectivity index (χ2v) is 14.1. The van der Waals surface area contributed by atoms with Gasteiger partial charge >= 0.3 is 0 Å². The Bertz CT molecular complexity index is 1170. The summed E-state index contributed by atoms with van der Waals surface area (Å²) in [6, 6.07) is 2.71. The molecule has 0 heterocycles. The molecule has 0 radical (unpaired) electrons. The zero-order chi connectivity index (χ0) is 32.0. The standard InChI is InChI=1S/C33H49IN2O8/c1-19(2)24-8-5-20(3)11-27(24)43-18-30(39)36(16-21-6-7-21)26-14-23(33(41)35-9-10-37)15-28(31(26)40)44-32-25(34)12-22(17-38)13-29(32)42-4/h12-13,15,19-21,24,26-28,31,37-38,40H,5-11,14,16-18H2,1-4H3,(H,35,41). The van der Waals surface area contributed by atoms with Gasteiger partial charge in [0, 0.05) is 25.1 Å². The molecule has 3 aliphatic carbocycles. The number of rotatable bonds is 14. The maximum atomic E-state index is 13.9. The zero-order valence-corrected chi connectivity index (χ0v) is 28.5. The molecule has 6 unspecified atom stereocenters. The molecule has 0 saturated heterocycles. The summed E-state index contributed by atoms with van der Waals surface area (Å²) in [6.45, 7) is 6.75. The molecule has 2 saturated carbocycles. The number of nitrogens with one attached hydrogen (secondary N) is 1. The summed E-state index contributed by atoms with van der Waals surface area (Å²) in [5.74, 6) is 1.92. The number of carbonyl (C=O) groups excluding carboxylic acids is 2. The van der Waals surface area contributed by atoms with Crippen molar-refractivity contribution < 1.29 is 39.1 Å². The minimum absolute atomic E-state index is 0.00832. The number of aliphatic hydroxyl groups excluding tert-OH is 3. The van der Waals surface area contributed by atoms with Gasteiger partial charge in [-0.1, -0.05) is 27.2 Å². The molecule has 246 valence electrons. The van der Waals surface area contributed by atoms with Gasteiger partial charge in [0.25, 0.3) is 0 Å². The summed E-state index contributed by atoms with van der Waals surface area (Å²) in [5, 5.41) is 33.4. The fraction of sp³-hybridized carbons (Fsp3) is 0.697. The molecule has 0 aromatic heterocycles. The third-order valence-corrected chi connectivity index (χ3v) is 10.00. The number of ether oxygens (including phenoxy) is 3. The minimum Gasteiger partial charge on any atom is -0.493 e. The van der Waals surface area contributed by atoms with E-state index in [4.69, 9.17) is 14.2 Å². The Balaban J connectivity index is 1.60. The number of amides is 2. The topological polar surface area (TPSA) is 138 Å². The first kappa shape index (κ1) is 34.9. The number of hydrogen-bond donors (Lipinski definition) is 4. The van der Waals surface area contributed by atoms with Crippen molar-refractivity contribution in [3.05, 3.63) is 32.9 Å². The van der Waals surface area contributed by atoms with E-state index < -0.39 is 18.2 Å². The molecule has 11 heteroatoms. The second-order valence-electron chi connectivity index (χ2n) is 12.9. The van der Waals surface area contributed by atoms with Crippen molar-refractivity contribution in [1.29, 1.82) is 0 Å². The molecule has 4 rings (SSSR count). The van der Waals surface area contributed by atoms with E-state index in [-0.39, 0.29) is 50.7 Å². The summed E-state index contributed by atoms with van der Waals surface area (Å²) in [6.07, 6.45) is 4.84. The third kappa shape index (κ3) is 8.86. The Morgan fingerprint density at radius 1 is 1.16 bits per heavy atom. The maximum Gasteiger partial charge on any atom is 0.248 e. The van der Waals surface area contributed by atoms with Gasteiger partial charge in [0.1, 0.15) is 18.8 Å². The molecule has 1 aromatic carbocycles. The van der Waals surface area contributed by atoms with Crippen LogP contribution in [0.3, 0.4) is 0 Å². The van der Waals surface area contributed by atoms with Crippen molar-refractivity contribution in [2.24, 2.45) is 23.7 Å². The molecule has 44 heavy (non-hydrogen) atoms. The van der Waals surface area contributed by atoms with E-state index in [0.717, 1.165) is 25.7 Å². The van der Waals surface area contributed by atoms with E-state index in [1.807, 2.05) is 0 Å². The van der Waals surface area contributed by atoms with Gasteiger partial charge in [-0.25, -0.2) is 0 Å². The van der Waals surface area contributed by atoms with E-state index in [1.54, 1.807) is 23.1 Å². The average molecular weight is 729 g/mol. The molecule has 0 spiro atoms. The molecule has 4 N–H and O–H groups in total. The van der Waals surface area contributed by atoms with Crippen molar-refractivity contribution in [2.45, 2.75) is 90.3 Å². The number of nitrogens with zero attached hydrogens (tertiary/aromatic N) is 1. The number of halogens is 1. The number of methoxy groups -OCH3 is 1. The number of benzene rings is 1. The van der Waals surface area contributed by atoms with Crippen LogP contribution in [0.15, 0.2) is 23.8 Å². The van der Waals surface area contributed by atoms with Crippen molar-refractivity contribution in [2.75, 3.05) is 33.4 Å². The van der Waals surface area contributed by atoms with Gasteiger partial charge in [0.15, 0.2) is 11.5 Å². The lowest BCUT2D eigenvalue weighted by molar-refractivity contribution is -0.148. The van der Waals surface area contributed by atoms with E-state index >= 15 is 0 Å². The molecule has 0 bridgehead atoms. The predicted molar refractivity (Wildman–Crippen MR) is 174 cm³/mol. The molecule has 10 nitrogen and oxygen atoms in total. The fourth-order valence-corrected chi connectivity index (χ4v) is 7.26. The van der Waals surface area contributed by atoms with Gasteiger partial charge in [0.05, 0.1) is 36.0 Å². The van der Waals surface area contributed by atoms with Crippen LogP contribution in [0, 0.1) is 27.2 Å². The zero-order valence-electron chi connectivity index (χ0n) is 26.3. The molecular weight excluding hydrogens is 679 g/mol. The first-order valence-corrected chi connectivity index (χ1v) is 17.0. The Kier molecular flexibility index (Phi) is 12.8. The molecule has 3 aliphatic rings. The summed E-state index contributed by atoms with van der Waals surface area (Å²) < 4.78 is 18.9. The molecule has 6 atom stereocenters. The summed E-state index contributed by atoms with van der Waals surface area (Å²) in [5.41, 5.74) is 1.02. The minimum atomic E-state index is -1.14. The van der Waals surface area contributed by atoms with Crippen LogP contribution in [0.5, 0.6) is 11.5 Å². The van der Waals surface area contributed by atoms with Gasteiger partial charge in [-0.15, -0.1) is 0 Å². The van der Waals surface area contributed by atoms with Crippen LogP contribution in [0.4, 0.5) is 0 Å². The highest BCUT2D eigenvalue weighted by Crippen LogP contribution is 2.39. The molecule has 2 fully saturated rings. The highest BCUT2D eigenvalue weighted by Gasteiger charge is 2.43. The van der Waals surface area contributed by atoms with Crippen molar-refractivity contribution in [3.8, 4) is 11.5 Å². The molecule has 1 aromatic rings. The van der Waals surface area contributed by atoms with Crippen molar-refractivity contribution >= 4 is 34.4 Å². The highest BCUT2D eigenvalue weighted by atomic mass is 127. The number of aliphatic hydroxyl groups is 3. The normalized spacial score (nSPS) is 27.1. The van der Waals surface area contributed by atoms with Crippen LogP contribution in [-0.4, -0.2) is 89.8 Å². The Morgan fingerprint density at radius 2 is 1.91 bits per heavy atom. The van der Waals surface area contributed by atoms with Crippen LogP contribution in [0.25, 0.3) is 0 Å². The van der Waals surface area contributed by atoms with E-state index in [1.165, 1.54) is 13.5 Å². The van der Waals surface area contributed by atoms with Gasteiger partial charge in [0.2, 0.25) is 11.8 Å². The molecular formula is C33H49IN2O8. The van der Waals surface area contributed by atoms with Crippen LogP contribution in [-0.2, 0) is 20.9 Å². The van der Waals surface area contributed by atoms with Crippen LogP contribution >= 0.6 is 22.6 Å². The van der Waals surface area contributed by atoms with E-state index in [0.29, 0.717) is 56.4 Å². The number of carbonyl (C=O) groups is 2. The van der Waals surface area contributed by atoms with Gasteiger partial charge in [-0.3, -0.25) is 9.59 Å². The lowest BCUT2D eigenvalue weighted by atomic mass is 9.75.